The number of sulfonamides is 1. The number of halogens is 3. The first kappa shape index (κ1) is 16.9. The predicted octanol–water partition coefficient (Wildman–Crippen LogP) is 1.17. The number of hydrogen-bond donors (Lipinski definition) is 1. The Kier molecular flexibility index (Phi) is 4.37. The van der Waals surface area contributed by atoms with Gasteiger partial charge in [-0.2, -0.15) is 4.31 Å². The van der Waals surface area contributed by atoms with E-state index < -0.39 is 38.4 Å². The number of hydrogen-bond acceptors (Lipinski definition) is 4. The fourth-order valence-electron chi connectivity index (χ4n) is 2.78. The minimum Gasteiger partial charge on any atom is -0.337 e. The number of aromatic nitrogens is 2. The number of nitrogens with one attached hydrogen (secondary N) is 1. The van der Waals surface area contributed by atoms with E-state index in [1.807, 2.05) is 0 Å². The second-order valence-corrected chi connectivity index (χ2v) is 7.26. The van der Waals surface area contributed by atoms with Crippen LogP contribution < -0.4 is 5.32 Å². The predicted molar refractivity (Wildman–Crippen MR) is 79.0 cm³/mol. The van der Waals surface area contributed by atoms with Crippen LogP contribution in [0.1, 0.15) is 11.9 Å². The third-order valence-electron chi connectivity index (χ3n) is 3.88. The molecule has 1 unspecified atom stereocenters. The summed E-state index contributed by atoms with van der Waals surface area (Å²) in [5.41, 5.74) is 0. The molecule has 0 radical (unpaired) electrons. The van der Waals surface area contributed by atoms with Crippen LogP contribution in [-0.4, -0.2) is 41.9 Å². The molecule has 1 fully saturated rings. The van der Waals surface area contributed by atoms with Crippen LogP contribution in [0.4, 0.5) is 13.2 Å². The molecule has 1 aromatic heterocycles. The molecule has 0 amide bonds. The Hall–Kier alpha value is -1.91. The lowest BCUT2D eigenvalue weighted by Gasteiger charge is -2.34. The Morgan fingerprint density at radius 3 is 2.50 bits per heavy atom. The van der Waals surface area contributed by atoms with E-state index in [-0.39, 0.29) is 13.1 Å². The third-order valence-corrected chi connectivity index (χ3v) is 5.84. The molecule has 1 aromatic carbocycles. The van der Waals surface area contributed by atoms with Gasteiger partial charge in [0.25, 0.3) is 0 Å². The highest BCUT2D eigenvalue weighted by Gasteiger charge is 2.39. The molecule has 6 nitrogen and oxygen atoms in total. The molecule has 130 valence electrons. The molecular weight excluding hydrogens is 345 g/mol. The van der Waals surface area contributed by atoms with E-state index in [9.17, 15) is 21.6 Å². The molecule has 1 aliphatic rings. The van der Waals surface area contributed by atoms with Crippen LogP contribution in [0.25, 0.3) is 0 Å². The van der Waals surface area contributed by atoms with Crippen LogP contribution in [-0.2, 0) is 17.1 Å². The van der Waals surface area contributed by atoms with E-state index in [1.54, 1.807) is 17.8 Å². The van der Waals surface area contributed by atoms with Gasteiger partial charge < -0.3 is 9.88 Å². The zero-order chi connectivity index (χ0) is 17.5. The fraction of sp³-hybridized carbons (Fsp3) is 0.357. The van der Waals surface area contributed by atoms with Crippen molar-refractivity contribution in [3.63, 3.8) is 0 Å². The average Bonchev–Trinajstić information content (AvgIpc) is 2.92. The van der Waals surface area contributed by atoms with Crippen molar-refractivity contribution in [2.24, 2.45) is 7.05 Å². The standard InChI is InChI=1S/C14H15F3N4O2S/c1-20-4-3-19-14(20)12-8-18-2-5-21(12)24(22,23)13-10(16)6-9(15)7-11(13)17/h3-4,6-7,12,18H,2,5,8H2,1H3. The summed E-state index contributed by atoms with van der Waals surface area (Å²) in [5.74, 6) is -3.65. The van der Waals surface area contributed by atoms with Gasteiger partial charge in [-0.25, -0.2) is 26.6 Å². The van der Waals surface area contributed by atoms with Crippen LogP contribution in [0.15, 0.2) is 29.4 Å². The van der Waals surface area contributed by atoms with Gasteiger partial charge in [0.15, 0.2) is 4.90 Å². The number of piperazine rings is 1. The average molecular weight is 360 g/mol. The first-order chi connectivity index (χ1) is 11.3. The number of benzene rings is 1. The second-order valence-electron chi connectivity index (χ2n) is 5.43. The Morgan fingerprint density at radius 1 is 1.25 bits per heavy atom. The molecule has 3 rings (SSSR count). The lowest BCUT2D eigenvalue weighted by molar-refractivity contribution is 0.256. The van der Waals surface area contributed by atoms with E-state index in [1.165, 1.54) is 6.20 Å². The van der Waals surface area contributed by atoms with E-state index >= 15 is 0 Å². The lowest BCUT2D eigenvalue weighted by Crippen LogP contribution is -2.49. The Balaban J connectivity index is 2.09. The minimum absolute atomic E-state index is 0.0100. The SMILES string of the molecule is Cn1ccnc1C1CNCCN1S(=O)(=O)c1c(F)cc(F)cc1F. The molecule has 0 aliphatic carbocycles. The lowest BCUT2D eigenvalue weighted by atomic mass is 10.2. The number of rotatable bonds is 3. The highest BCUT2D eigenvalue weighted by atomic mass is 32.2. The molecular formula is C14H15F3N4O2S. The van der Waals surface area contributed by atoms with Gasteiger partial charge in [0.05, 0.1) is 6.04 Å². The van der Waals surface area contributed by atoms with E-state index in [0.717, 1.165) is 4.31 Å². The van der Waals surface area contributed by atoms with Crippen LogP contribution >= 0.6 is 0 Å². The molecule has 2 heterocycles. The molecule has 10 heteroatoms. The van der Waals surface area contributed by atoms with Crippen LogP contribution in [0.3, 0.4) is 0 Å². The van der Waals surface area contributed by atoms with Crippen LogP contribution in [0.5, 0.6) is 0 Å². The van der Waals surface area contributed by atoms with Crippen LogP contribution in [0.2, 0.25) is 0 Å². The molecule has 1 aliphatic heterocycles. The van der Waals surface area contributed by atoms with Gasteiger partial charge in [-0.1, -0.05) is 0 Å². The van der Waals surface area contributed by atoms with Gasteiger partial charge in [0, 0.05) is 51.2 Å². The summed E-state index contributed by atoms with van der Waals surface area (Å²) in [4.78, 5) is 2.98. The van der Waals surface area contributed by atoms with Gasteiger partial charge in [-0.15, -0.1) is 0 Å². The fourth-order valence-corrected chi connectivity index (χ4v) is 4.47. The first-order valence-corrected chi connectivity index (χ1v) is 8.60. The number of imidazole rings is 1. The van der Waals surface area contributed by atoms with Gasteiger partial charge >= 0.3 is 0 Å². The summed E-state index contributed by atoms with van der Waals surface area (Å²) >= 11 is 0. The largest absolute Gasteiger partial charge is 0.337 e. The summed E-state index contributed by atoms with van der Waals surface area (Å²) in [7, 11) is -2.81. The Morgan fingerprint density at radius 2 is 1.92 bits per heavy atom. The molecule has 24 heavy (non-hydrogen) atoms. The number of aryl methyl sites for hydroxylation is 1. The third kappa shape index (κ3) is 2.80. The zero-order valence-corrected chi connectivity index (χ0v) is 13.5. The maximum absolute atomic E-state index is 14.0. The smallest absolute Gasteiger partial charge is 0.249 e. The molecule has 2 aromatic rings. The topological polar surface area (TPSA) is 67.2 Å². The van der Waals surface area contributed by atoms with Crippen molar-refractivity contribution in [1.82, 2.24) is 19.2 Å². The minimum atomic E-state index is -4.51. The van der Waals surface area contributed by atoms with Crippen molar-refractivity contribution in [3.8, 4) is 0 Å². The van der Waals surface area contributed by atoms with Gasteiger partial charge in [-0.05, 0) is 0 Å². The van der Waals surface area contributed by atoms with Crippen molar-refractivity contribution in [2.45, 2.75) is 10.9 Å². The van der Waals surface area contributed by atoms with Crippen molar-refractivity contribution in [1.29, 1.82) is 0 Å². The second kappa shape index (κ2) is 6.19. The van der Waals surface area contributed by atoms with Crippen LogP contribution in [0, 0.1) is 17.5 Å². The zero-order valence-electron chi connectivity index (χ0n) is 12.7. The normalized spacial score (nSPS) is 19.6. The van der Waals surface area contributed by atoms with E-state index in [4.69, 9.17) is 0 Å². The number of nitrogens with zero attached hydrogens (tertiary/aromatic N) is 3. The maximum atomic E-state index is 14.0. The summed E-state index contributed by atoms with van der Waals surface area (Å²) in [6, 6.07) is -0.0189. The molecule has 1 atom stereocenters. The maximum Gasteiger partial charge on any atom is 0.249 e. The molecule has 0 bridgehead atoms. The van der Waals surface area contributed by atoms with E-state index in [0.29, 0.717) is 24.5 Å². The molecule has 0 saturated carbocycles. The van der Waals surface area contributed by atoms with Crippen molar-refractivity contribution < 1.29 is 21.6 Å². The highest BCUT2D eigenvalue weighted by Crippen LogP contribution is 2.30. The summed E-state index contributed by atoms with van der Waals surface area (Å²) in [6.07, 6.45) is 3.15. The molecule has 1 N–H and O–H groups in total. The van der Waals surface area contributed by atoms with Crippen molar-refractivity contribution in [2.75, 3.05) is 19.6 Å². The highest BCUT2D eigenvalue weighted by molar-refractivity contribution is 7.89. The van der Waals surface area contributed by atoms with Gasteiger partial charge in [0.2, 0.25) is 10.0 Å². The summed E-state index contributed by atoms with van der Waals surface area (Å²) < 4.78 is 69.3. The summed E-state index contributed by atoms with van der Waals surface area (Å²) in [5, 5.41) is 3.04. The Labute approximate surface area is 137 Å². The Bertz CT molecular complexity index is 846. The van der Waals surface area contributed by atoms with Gasteiger partial charge in [-0.3, -0.25) is 0 Å². The summed E-state index contributed by atoms with van der Waals surface area (Å²) in [6.45, 7) is 0.579. The molecule has 1 saturated heterocycles. The van der Waals surface area contributed by atoms with Crippen molar-refractivity contribution >= 4 is 10.0 Å². The first-order valence-electron chi connectivity index (χ1n) is 7.16. The van der Waals surface area contributed by atoms with Gasteiger partial charge in [0.1, 0.15) is 23.3 Å². The van der Waals surface area contributed by atoms with E-state index in [2.05, 4.69) is 10.3 Å². The monoisotopic (exact) mass is 360 g/mol. The quantitative estimate of drug-likeness (QED) is 0.892. The molecule has 0 spiro atoms. The van der Waals surface area contributed by atoms with Crippen molar-refractivity contribution in [3.05, 3.63) is 47.8 Å².